The summed E-state index contributed by atoms with van der Waals surface area (Å²) in [4.78, 5) is 4.24. The quantitative estimate of drug-likeness (QED) is 0.908. The van der Waals surface area contributed by atoms with Gasteiger partial charge in [-0.1, -0.05) is 39.0 Å². The van der Waals surface area contributed by atoms with Crippen LogP contribution in [0, 0.1) is 0 Å². The highest BCUT2D eigenvalue weighted by Crippen LogP contribution is 2.35. The lowest BCUT2D eigenvalue weighted by Gasteiger charge is -2.23. The monoisotopic (exact) mass is 271 g/mol. The van der Waals surface area contributed by atoms with Gasteiger partial charge in [-0.05, 0) is 30.5 Å². The summed E-state index contributed by atoms with van der Waals surface area (Å²) in [6.07, 6.45) is 1.06. The number of hydrogen-bond donors (Lipinski definition) is 1. The van der Waals surface area contributed by atoms with Gasteiger partial charge in [0.15, 0.2) is 0 Å². The molecule has 20 heavy (non-hydrogen) atoms. The highest BCUT2D eigenvalue weighted by atomic mass is 16.5. The third-order valence-electron chi connectivity index (χ3n) is 3.15. The van der Waals surface area contributed by atoms with Gasteiger partial charge in [0.1, 0.15) is 5.75 Å². The lowest BCUT2D eigenvalue weighted by molar-refractivity contribution is 0.194. The molecule has 0 bridgehead atoms. The van der Waals surface area contributed by atoms with Crippen LogP contribution in [0.4, 0.5) is 0 Å². The van der Waals surface area contributed by atoms with Crippen LogP contribution in [0.25, 0.3) is 0 Å². The third kappa shape index (κ3) is 3.17. The van der Waals surface area contributed by atoms with Crippen molar-refractivity contribution in [3.8, 4) is 11.6 Å². The third-order valence-corrected chi connectivity index (χ3v) is 3.15. The number of pyridine rings is 1. The molecule has 106 valence electrons. The number of nitrogens with zero attached hydrogens (tertiary/aromatic N) is 1. The van der Waals surface area contributed by atoms with E-state index in [9.17, 15) is 5.11 Å². The van der Waals surface area contributed by atoms with Crippen molar-refractivity contribution < 1.29 is 9.84 Å². The molecule has 0 aliphatic rings. The first-order chi connectivity index (χ1) is 9.39. The van der Waals surface area contributed by atoms with Crippen molar-refractivity contribution >= 4 is 0 Å². The van der Waals surface area contributed by atoms with E-state index >= 15 is 0 Å². The van der Waals surface area contributed by atoms with E-state index in [-0.39, 0.29) is 5.41 Å². The van der Waals surface area contributed by atoms with Crippen molar-refractivity contribution in [3.05, 3.63) is 53.7 Å². The van der Waals surface area contributed by atoms with Crippen molar-refractivity contribution in [3.63, 3.8) is 0 Å². The molecule has 0 spiro atoms. The Balaban J connectivity index is 2.41. The van der Waals surface area contributed by atoms with Crippen molar-refractivity contribution in [1.29, 1.82) is 0 Å². The van der Waals surface area contributed by atoms with Crippen LogP contribution in [0.3, 0.4) is 0 Å². The van der Waals surface area contributed by atoms with Crippen molar-refractivity contribution in [2.75, 3.05) is 0 Å². The molecule has 0 radical (unpaired) electrons. The Bertz CT molecular complexity index is 586. The normalized spacial score (nSPS) is 13.1. The fourth-order valence-corrected chi connectivity index (χ4v) is 2.09. The van der Waals surface area contributed by atoms with Gasteiger partial charge >= 0.3 is 0 Å². The SMILES string of the molecule is C[C@H](O)c1cccnc1Oc1ccccc1C(C)(C)C. The summed E-state index contributed by atoms with van der Waals surface area (Å²) < 4.78 is 5.96. The standard InChI is InChI=1S/C17H21NO2/c1-12(19)13-8-7-11-18-16(13)20-15-10-6-5-9-14(15)17(2,3)4/h5-12,19H,1-4H3/t12-/m0/s1. The van der Waals surface area contributed by atoms with E-state index in [2.05, 4.69) is 31.8 Å². The van der Waals surface area contributed by atoms with Gasteiger partial charge < -0.3 is 9.84 Å². The number of para-hydroxylation sites is 1. The van der Waals surface area contributed by atoms with Crippen LogP contribution in [0.2, 0.25) is 0 Å². The maximum atomic E-state index is 9.79. The molecule has 3 heteroatoms. The summed E-state index contributed by atoms with van der Waals surface area (Å²) in [7, 11) is 0. The topological polar surface area (TPSA) is 42.4 Å². The molecule has 1 heterocycles. The lowest BCUT2D eigenvalue weighted by Crippen LogP contribution is -2.12. The van der Waals surface area contributed by atoms with Gasteiger partial charge in [0, 0.05) is 17.3 Å². The average Bonchev–Trinajstić information content (AvgIpc) is 2.38. The van der Waals surface area contributed by atoms with Crippen molar-refractivity contribution in [2.45, 2.75) is 39.2 Å². The predicted octanol–water partition coefficient (Wildman–Crippen LogP) is 4.22. The van der Waals surface area contributed by atoms with Gasteiger partial charge in [-0.3, -0.25) is 0 Å². The van der Waals surface area contributed by atoms with Gasteiger partial charge in [0.2, 0.25) is 5.88 Å². The maximum absolute atomic E-state index is 9.79. The number of rotatable bonds is 3. The van der Waals surface area contributed by atoms with Gasteiger partial charge in [-0.15, -0.1) is 0 Å². The molecule has 1 N–H and O–H groups in total. The Morgan fingerprint density at radius 2 is 1.80 bits per heavy atom. The van der Waals surface area contributed by atoms with Crippen LogP contribution in [0.15, 0.2) is 42.6 Å². The van der Waals surface area contributed by atoms with Crippen molar-refractivity contribution in [2.24, 2.45) is 0 Å². The number of aromatic nitrogens is 1. The van der Waals surface area contributed by atoms with Crippen molar-refractivity contribution in [1.82, 2.24) is 4.98 Å². The second-order valence-electron chi connectivity index (χ2n) is 5.92. The van der Waals surface area contributed by atoms with Crippen LogP contribution in [-0.4, -0.2) is 10.1 Å². The van der Waals surface area contributed by atoms with Crippen LogP contribution >= 0.6 is 0 Å². The van der Waals surface area contributed by atoms with Gasteiger partial charge in [-0.25, -0.2) is 4.98 Å². The van der Waals surface area contributed by atoms with Gasteiger partial charge in [0.25, 0.3) is 0 Å². The van der Waals surface area contributed by atoms with E-state index in [0.29, 0.717) is 11.4 Å². The molecule has 0 saturated heterocycles. The smallest absolute Gasteiger partial charge is 0.225 e. The largest absolute Gasteiger partial charge is 0.438 e. The molecule has 3 nitrogen and oxygen atoms in total. The number of benzene rings is 1. The first-order valence-corrected chi connectivity index (χ1v) is 6.80. The van der Waals surface area contributed by atoms with E-state index in [4.69, 9.17) is 4.74 Å². The second kappa shape index (κ2) is 5.63. The van der Waals surface area contributed by atoms with Crippen LogP contribution in [0.1, 0.15) is 44.9 Å². The number of aliphatic hydroxyl groups excluding tert-OH is 1. The zero-order chi connectivity index (χ0) is 14.8. The maximum Gasteiger partial charge on any atom is 0.225 e. The Morgan fingerprint density at radius 1 is 1.10 bits per heavy atom. The fourth-order valence-electron chi connectivity index (χ4n) is 2.09. The van der Waals surface area contributed by atoms with E-state index < -0.39 is 6.10 Å². The zero-order valence-corrected chi connectivity index (χ0v) is 12.4. The molecule has 0 aliphatic carbocycles. The lowest BCUT2D eigenvalue weighted by atomic mass is 9.86. The Kier molecular flexibility index (Phi) is 4.09. The van der Waals surface area contributed by atoms with Gasteiger partial charge in [0.05, 0.1) is 6.10 Å². The van der Waals surface area contributed by atoms with Gasteiger partial charge in [-0.2, -0.15) is 0 Å². The van der Waals surface area contributed by atoms with Crippen LogP contribution in [0.5, 0.6) is 11.6 Å². The van der Waals surface area contributed by atoms with Crippen LogP contribution in [-0.2, 0) is 5.41 Å². The minimum atomic E-state index is -0.611. The molecular weight excluding hydrogens is 250 g/mol. The first-order valence-electron chi connectivity index (χ1n) is 6.80. The molecule has 1 aromatic heterocycles. The molecule has 0 amide bonds. The number of ether oxygens (including phenoxy) is 1. The highest BCUT2D eigenvalue weighted by Gasteiger charge is 2.20. The van der Waals surface area contributed by atoms with Crippen LogP contribution < -0.4 is 4.74 Å². The fraction of sp³-hybridized carbons (Fsp3) is 0.353. The molecular formula is C17H21NO2. The molecule has 2 aromatic rings. The molecule has 0 aliphatic heterocycles. The molecule has 0 fully saturated rings. The van der Waals surface area contributed by atoms with E-state index in [1.54, 1.807) is 19.2 Å². The summed E-state index contributed by atoms with van der Waals surface area (Å²) in [5.74, 6) is 1.24. The molecule has 0 saturated carbocycles. The molecule has 2 rings (SSSR count). The summed E-state index contributed by atoms with van der Waals surface area (Å²) in [5, 5.41) is 9.79. The molecule has 1 aromatic carbocycles. The number of hydrogen-bond acceptors (Lipinski definition) is 3. The minimum absolute atomic E-state index is 0.0175. The Labute approximate surface area is 120 Å². The summed E-state index contributed by atoms with van der Waals surface area (Å²) in [6, 6.07) is 11.6. The Morgan fingerprint density at radius 3 is 2.45 bits per heavy atom. The van der Waals surface area contributed by atoms with E-state index in [1.807, 2.05) is 24.3 Å². The van der Waals surface area contributed by atoms with E-state index in [0.717, 1.165) is 11.3 Å². The predicted molar refractivity (Wildman–Crippen MR) is 80.1 cm³/mol. The van der Waals surface area contributed by atoms with E-state index in [1.165, 1.54) is 0 Å². The molecule has 1 atom stereocenters. The molecule has 0 unspecified atom stereocenters. The highest BCUT2D eigenvalue weighted by molar-refractivity contribution is 5.42. The summed E-state index contributed by atoms with van der Waals surface area (Å²) in [6.45, 7) is 8.13. The summed E-state index contributed by atoms with van der Waals surface area (Å²) >= 11 is 0. The first kappa shape index (κ1) is 14.5. The number of aliphatic hydroxyl groups is 1. The Hall–Kier alpha value is -1.87. The summed E-state index contributed by atoms with van der Waals surface area (Å²) in [5.41, 5.74) is 1.79. The second-order valence-corrected chi connectivity index (χ2v) is 5.92. The minimum Gasteiger partial charge on any atom is -0.438 e. The zero-order valence-electron chi connectivity index (χ0n) is 12.4. The average molecular weight is 271 g/mol.